The second-order valence-corrected chi connectivity index (χ2v) is 5.75. The average molecular weight is 193 g/mol. The Morgan fingerprint density at radius 1 is 1.50 bits per heavy atom. The van der Waals surface area contributed by atoms with Crippen molar-refractivity contribution in [3.63, 3.8) is 0 Å². The third kappa shape index (κ3) is 3.08. The van der Waals surface area contributed by atoms with E-state index in [1.54, 1.807) is 0 Å². The zero-order valence-corrected chi connectivity index (χ0v) is 8.02. The van der Waals surface area contributed by atoms with Gasteiger partial charge in [0, 0.05) is 18.3 Å². The molecule has 0 aromatic carbocycles. The van der Waals surface area contributed by atoms with Gasteiger partial charge in [-0.15, -0.1) is 0 Å². The van der Waals surface area contributed by atoms with Crippen LogP contribution in [0.1, 0.15) is 12.8 Å². The summed E-state index contributed by atoms with van der Waals surface area (Å²) < 4.78 is 21.4. The van der Waals surface area contributed by atoms with Gasteiger partial charge in [0.25, 0.3) is 0 Å². The predicted octanol–water partition coefficient (Wildman–Crippen LogP) is -0.854. The van der Waals surface area contributed by atoms with Crippen LogP contribution >= 0.6 is 0 Å². The molecule has 5 heteroatoms. The van der Waals surface area contributed by atoms with Gasteiger partial charge in [0.2, 0.25) is 0 Å². The van der Waals surface area contributed by atoms with Crippen molar-refractivity contribution in [1.29, 1.82) is 0 Å². The first-order chi connectivity index (χ1) is 5.47. The van der Waals surface area contributed by atoms with Gasteiger partial charge in [0.05, 0.1) is 12.4 Å². The standard InChI is InChI=1S/C7H15NO3S/c1-12(10,11)5-4-8-7(6-9)2-3-7/h8-9H,2-6H2,1H3. The molecule has 0 radical (unpaired) electrons. The molecule has 1 aliphatic rings. The highest BCUT2D eigenvalue weighted by Crippen LogP contribution is 2.34. The lowest BCUT2D eigenvalue weighted by Gasteiger charge is -2.12. The highest BCUT2D eigenvalue weighted by Gasteiger charge is 2.41. The summed E-state index contributed by atoms with van der Waals surface area (Å²) in [5.41, 5.74) is -0.148. The number of rotatable bonds is 5. The molecule has 0 saturated heterocycles. The Kier molecular flexibility index (Phi) is 2.75. The molecule has 0 aromatic rings. The quantitative estimate of drug-likeness (QED) is 0.596. The van der Waals surface area contributed by atoms with Crippen LogP contribution in [0, 0.1) is 0 Å². The number of aliphatic hydroxyl groups is 1. The van der Waals surface area contributed by atoms with Crippen LogP contribution < -0.4 is 5.32 Å². The van der Waals surface area contributed by atoms with Crippen LogP contribution in [0.3, 0.4) is 0 Å². The molecule has 1 saturated carbocycles. The predicted molar refractivity (Wildman–Crippen MR) is 46.8 cm³/mol. The van der Waals surface area contributed by atoms with Gasteiger partial charge in [-0.1, -0.05) is 0 Å². The Labute approximate surface area is 72.9 Å². The van der Waals surface area contributed by atoms with Crippen LogP contribution in [0.5, 0.6) is 0 Å². The molecular formula is C7H15NO3S. The number of aliphatic hydroxyl groups excluding tert-OH is 1. The third-order valence-electron chi connectivity index (χ3n) is 2.13. The maximum atomic E-state index is 10.7. The normalized spacial score (nSPS) is 20.8. The summed E-state index contributed by atoms with van der Waals surface area (Å²) >= 11 is 0. The Morgan fingerprint density at radius 3 is 2.42 bits per heavy atom. The van der Waals surface area contributed by atoms with Crippen LogP contribution in [0.4, 0.5) is 0 Å². The SMILES string of the molecule is CS(=O)(=O)CCNC1(CO)CC1. The molecule has 1 rings (SSSR count). The minimum absolute atomic E-state index is 0.108. The summed E-state index contributed by atoms with van der Waals surface area (Å²) in [6.45, 7) is 0.552. The molecule has 72 valence electrons. The van der Waals surface area contributed by atoms with Gasteiger partial charge in [-0.25, -0.2) is 8.42 Å². The molecule has 0 bridgehead atoms. The lowest BCUT2D eigenvalue weighted by Crippen LogP contribution is -2.37. The molecule has 0 aromatic heterocycles. The van der Waals surface area contributed by atoms with Crippen LogP contribution in [-0.2, 0) is 9.84 Å². The van der Waals surface area contributed by atoms with Crippen molar-refractivity contribution in [2.75, 3.05) is 25.2 Å². The first-order valence-corrected chi connectivity index (χ1v) is 6.07. The summed E-state index contributed by atoms with van der Waals surface area (Å²) in [4.78, 5) is 0. The Bertz CT molecular complexity index is 243. The summed E-state index contributed by atoms with van der Waals surface area (Å²) in [6, 6.07) is 0. The third-order valence-corrected chi connectivity index (χ3v) is 3.07. The summed E-state index contributed by atoms with van der Waals surface area (Å²) in [7, 11) is -2.87. The lowest BCUT2D eigenvalue weighted by atomic mass is 10.3. The zero-order chi connectivity index (χ0) is 9.24. The van der Waals surface area contributed by atoms with E-state index in [1.807, 2.05) is 0 Å². The van der Waals surface area contributed by atoms with E-state index >= 15 is 0 Å². The summed E-state index contributed by atoms with van der Waals surface area (Å²) in [5, 5.41) is 11.9. The van der Waals surface area contributed by atoms with E-state index in [4.69, 9.17) is 5.11 Å². The van der Waals surface area contributed by atoms with Crippen LogP contribution in [0.25, 0.3) is 0 Å². The molecule has 0 aliphatic heterocycles. The minimum Gasteiger partial charge on any atom is -0.394 e. The Hall–Kier alpha value is -0.130. The van der Waals surface area contributed by atoms with Gasteiger partial charge in [-0.05, 0) is 12.8 Å². The summed E-state index contributed by atoms with van der Waals surface area (Å²) in [6.07, 6.45) is 3.12. The zero-order valence-electron chi connectivity index (χ0n) is 7.21. The second-order valence-electron chi connectivity index (χ2n) is 3.50. The number of hydrogen-bond donors (Lipinski definition) is 2. The van der Waals surface area contributed by atoms with Crippen molar-refractivity contribution in [3.05, 3.63) is 0 Å². The molecule has 2 N–H and O–H groups in total. The van der Waals surface area contributed by atoms with Gasteiger partial charge < -0.3 is 10.4 Å². The van der Waals surface area contributed by atoms with E-state index in [-0.39, 0.29) is 17.9 Å². The van der Waals surface area contributed by atoms with E-state index in [9.17, 15) is 8.42 Å². The molecule has 0 atom stereocenters. The van der Waals surface area contributed by atoms with Gasteiger partial charge in [-0.2, -0.15) is 0 Å². The monoisotopic (exact) mass is 193 g/mol. The average Bonchev–Trinajstić information content (AvgIpc) is 2.67. The molecule has 0 spiro atoms. The van der Waals surface area contributed by atoms with Crippen LogP contribution in [0.2, 0.25) is 0 Å². The van der Waals surface area contributed by atoms with E-state index < -0.39 is 9.84 Å². The first kappa shape index (κ1) is 9.95. The van der Waals surface area contributed by atoms with Gasteiger partial charge in [-0.3, -0.25) is 0 Å². The number of nitrogens with one attached hydrogen (secondary N) is 1. The van der Waals surface area contributed by atoms with Crippen molar-refractivity contribution < 1.29 is 13.5 Å². The Morgan fingerprint density at radius 2 is 2.08 bits per heavy atom. The largest absolute Gasteiger partial charge is 0.394 e. The Balaban J connectivity index is 2.19. The maximum absolute atomic E-state index is 10.7. The first-order valence-electron chi connectivity index (χ1n) is 4.01. The molecule has 4 nitrogen and oxygen atoms in total. The fourth-order valence-electron chi connectivity index (χ4n) is 1.04. The van der Waals surface area contributed by atoms with E-state index in [0.29, 0.717) is 6.54 Å². The van der Waals surface area contributed by atoms with Gasteiger partial charge in [0.1, 0.15) is 9.84 Å². The number of sulfone groups is 1. The molecule has 0 amide bonds. The van der Waals surface area contributed by atoms with Gasteiger partial charge >= 0.3 is 0 Å². The number of hydrogen-bond acceptors (Lipinski definition) is 4. The molecule has 1 aliphatic carbocycles. The van der Waals surface area contributed by atoms with Gasteiger partial charge in [0.15, 0.2) is 0 Å². The van der Waals surface area contributed by atoms with E-state index in [1.165, 1.54) is 6.26 Å². The molecule has 1 fully saturated rings. The van der Waals surface area contributed by atoms with Crippen molar-refractivity contribution in [3.8, 4) is 0 Å². The van der Waals surface area contributed by atoms with Crippen molar-refractivity contribution in [2.45, 2.75) is 18.4 Å². The molecule has 12 heavy (non-hydrogen) atoms. The van der Waals surface area contributed by atoms with Crippen molar-refractivity contribution in [1.82, 2.24) is 5.32 Å². The molecular weight excluding hydrogens is 178 g/mol. The molecule has 0 heterocycles. The minimum atomic E-state index is -2.87. The fourth-order valence-corrected chi connectivity index (χ4v) is 1.52. The van der Waals surface area contributed by atoms with Crippen molar-refractivity contribution in [2.24, 2.45) is 0 Å². The highest BCUT2D eigenvalue weighted by atomic mass is 32.2. The van der Waals surface area contributed by atoms with Crippen LogP contribution in [0.15, 0.2) is 0 Å². The highest BCUT2D eigenvalue weighted by molar-refractivity contribution is 7.90. The second kappa shape index (κ2) is 3.32. The van der Waals surface area contributed by atoms with E-state index in [0.717, 1.165) is 12.8 Å². The maximum Gasteiger partial charge on any atom is 0.148 e. The van der Waals surface area contributed by atoms with Crippen molar-refractivity contribution >= 4 is 9.84 Å². The van der Waals surface area contributed by atoms with Crippen LogP contribution in [-0.4, -0.2) is 44.2 Å². The topological polar surface area (TPSA) is 66.4 Å². The lowest BCUT2D eigenvalue weighted by molar-refractivity contribution is 0.233. The molecule has 0 unspecified atom stereocenters. The fraction of sp³-hybridized carbons (Fsp3) is 1.00. The smallest absolute Gasteiger partial charge is 0.148 e. The van der Waals surface area contributed by atoms with E-state index in [2.05, 4.69) is 5.32 Å². The summed E-state index contributed by atoms with van der Waals surface area (Å²) in [5.74, 6) is 0.148.